The van der Waals surface area contributed by atoms with Crippen molar-refractivity contribution in [3.05, 3.63) is 70.1 Å². The van der Waals surface area contributed by atoms with Gasteiger partial charge in [0.25, 0.3) is 0 Å². The van der Waals surface area contributed by atoms with Gasteiger partial charge in [-0.2, -0.15) is 0 Å². The summed E-state index contributed by atoms with van der Waals surface area (Å²) in [5, 5.41) is 0.410. The summed E-state index contributed by atoms with van der Waals surface area (Å²) in [6.07, 6.45) is 0.881. The molecule has 4 nitrogen and oxygen atoms in total. The van der Waals surface area contributed by atoms with Crippen LogP contribution in [0.1, 0.15) is 19.4 Å². The molecule has 0 fully saturated rings. The fourth-order valence-corrected chi connectivity index (χ4v) is 3.39. The van der Waals surface area contributed by atoms with Gasteiger partial charge in [0.05, 0.1) is 11.0 Å². The van der Waals surface area contributed by atoms with Crippen molar-refractivity contribution in [3.8, 4) is 0 Å². The van der Waals surface area contributed by atoms with E-state index < -0.39 is 26.8 Å². The molecule has 2 rings (SSSR count). The van der Waals surface area contributed by atoms with Crippen LogP contribution in [-0.4, -0.2) is 20.5 Å². The number of benzene rings is 2. The largest absolute Gasteiger partial charge is 0.459 e. The van der Waals surface area contributed by atoms with Gasteiger partial charge in [0.15, 0.2) is 4.91 Å². The molecule has 0 aliphatic carbocycles. The van der Waals surface area contributed by atoms with Crippen LogP contribution in [0.4, 0.5) is 0 Å². The molecule has 0 atom stereocenters. The predicted octanol–water partition coefficient (Wildman–Crippen LogP) is 4.11. The zero-order chi connectivity index (χ0) is 17.7. The number of rotatable bonds is 5. The predicted molar refractivity (Wildman–Crippen MR) is 94.3 cm³/mol. The Morgan fingerprint density at radius 1 is 1.04 bits per heavy atom. The summed E-state index contributed by atoms with van der Waals surface area (Å²) in [6.45, 7) is 3.32. The third kappa shape index (κ3) is 4.46. The second-order valence-corrected chi connectivity index (χ2v) is 7.69. The molecule has 0 heterocycles. The van der Waals surface area contributed by atoms with E-state index in [1.54, 1.807) is 44.2 Å². The van der Waals surface area contributed by atoms with Crippen molar-refractivity contribution in [2.24, 2.45) is 0 Å². The van der Waals surface area contributed by atoms with Crippen LogP contribution in [0, 0.1) is 0 Å². The number of ether oxygens (including phenoxy) is 1. The molecule has 0 saturated carbocycles. The van der Waals surface area contributed by atoms with E-state index >= 15 is 0 Å². The van der Waals surface area contributed by atoms with Crippen molar-refractivity contribution in [2.45, 2.75) is 24.8 Å². The van der Waals surface area contributed by atoms with E-state index in [0.717, 1.165) is 0 Å². The van der Waals surface area contributed by atoms with Gasteiger partial charge in [0.1, 0.15) is 0 Å². The Balaban J connectivity index is 2.55. The van der Waals surface area contributed by atoms with Gasteiger partial charge in [0, 0.05) is 5.02 Å². The average molecular weight is 365 g/mol. The summed E-state index contributed by atoms with van der Waals surface area (Å²) < 4.78 is 30.8. The maximum absolute atomic E-state index is 12.9. The number of hydrogen-bond acceptors (Lipinski definition) is 4. The van der Waals surface area contributed by atoms with Crippen LogP contribution in [0.25, 0.3) is 6.08 Å². The highest BCUT2D eigenvalue weighted by atomic mass is 35.5. The molecule has 0 radical (unpaired) electrons. The SMILES string of the molecule is CC(C)OC(=O)/C(=C\c1ccccc1)S(=O)(=O)c1ccc(Cl)cc1. The maximum Gasteiger partial charge on any atom is 0.350 e. The third-order valence-corrected chi connectivity index (χ3v) is 5.06. The van der Waals surface area contributed by atoms with Crippen molar-refractivity contribution >= 4 is 33.5 Å². The lowest BCUT2D eigenvalue weighted by molar-refractivity contribution is -0.141. The van der Waals surface area contributed by atoms with Crippen molar-refractivity contribution < 1.29 is 17.9 Å². The van der Waals surface area contributed by atoms with Gasteiger partial charge in [-0.15, -0.1) is 0 Å². The number of esters is 1. The number of halogens is 1. The van der Waals surface area contributed by atoms with Gasteiger partial charge >= 0.3 is 5.97 Å². The van der Waals surface area contributed by atoms with E-state index in [4.69, 9.17) is 16.3 Å². The lowest BCUT2D eigenvalue weighted by Gasteiger charge is -2.12. The third-order valence-electron chi connectivity index (χ3n) is 3.05. The second kappa shape index (κ2) is 7.64. The standard InChI is InChI=1S/C18H17ClO4S/c1-13(2)23-18(20)17(12-14-6-4-3-5-7-14)24(21,22)16-10-8-15(19)9-11-16/h3-13H,1-2H3/b17-12+. The van der Waals surface area contributed by atoms with Crippen LogP contribution < -0.4 is 0 Å². The minimum atomic E-state index is -4.03. The maximum atomic E-state index is 12.9. The monoisotopic (exact) mass is 364 g/mol. The van der Waals surface area contributed by atoms with E-state index in [1.165, 1.54) is 30.3 Å². The highest BCUT2D eigenvalue weighted by molar-refractivity contribution is 7.96. The lowest BCUT2D eigenvalue weighted by Crippen LogP contribution is -2.19. The smallest absolute Gasteiger partial charge is 0.350 e. The zero-order valence-electron chi connectivity index (χ0n) is 13.3. The molecule has 0 aromatic heterocycles. The fourth-order valence-electron chi connectivity index (χ4n) is 1.96. The molecular formula is C18H17ClO4S. The second-order valence-electron chi connectivity index (χ2n) is 5.33. The summed E-state index contributed by atoms with van der Waals surface area (Å²) in [4.78, 5) is 11.9. The molecule has 126 valence electrons. The van der Waals surface area contributed by atoms with E-state index in [0.29, 0.717) is 10.6 Å². The number of sulfone groups is 1. The molecule has 6 heteroatoms. The zero-order valence-corrected chi connectivity index (χ0v) is 14.8. The fraction of sp³-hybridized carbons (Fsp3) is 0.167. The minimum absolute atomic E-state index is 0.0187. The Hall–Kier alpha value is -2.11. The van der Waals surface area contributed by atoms with Gasteiger partial charge in [-0.25, -0.2) is 13.2 Å². The van der Waals surface area contributed by atoms with Gasteiger partial charge < -0.3 is 4.74 Å². The highest BCUT2D eigenvalue weighted by Gasteiger charge is 2.29. The summed E-state index contributed by atoms with van der Waals surface area (Å²) >= 11 is 5.80. The number of hydrogen-bond donors (Lipinski definition) is 0. The number of carbonyl (C=O) groups is 1. The van der Waals surface area contributed by atoms with Crippen molar-refractivity contribution in [1.29, 1.82) is 0 Å². The first-order valence-corrected chi connectivity index (χ1v) is 9.15. The molecule has 0 aliphatic heterocycles. The van der Waals surface area contributed by atoms with E-state index in [9.17, 15) is 13.2 Å². The minimum Gasteiger partial charge on any atom is -0.459 e. The molecule has 0 amide bonds. The van der Waals surface area contributed by atoms with E-state index in [-0.39, 0.29) is 4.90 Å². The Morgan fingerprint density at radius 3 is 2.17 bits per heavy atom. The van der Waals surface area contributed by atoms with Crippen LogP contribution in [0.3, 0.4) is 0 Å². The average Bonchev–Trinajstić information content (AvgIpc) is 2.53. The Bertz CT molecular complexity index is 838. The highest BCUT2D eigenvalue weighted by Crippen LogP contribution is 2.24. The molecule has 24 heavy (non-hydrogen) atoms. The molecule has 0 unspecified atom stereocenters. The van der Waals surface area contributed by atoms with Crippen LogP contribution in [0.15, 0.2) is 64.4 Å². The first-order chi connectivity index (χ1) is 11.3. The molecule has 0 N–H and O–H groups in total. The summed E-state index contributed by atoms with van der Waals surface area (Å²) in [6, 6.07) is 14.4. The molecule has 0 aliphatic rings. The van der Waals surface area contributed by atoms with Crippen molar-refractivity contribution in [1.82, 2.24) is 0 Å². The molecule has 0 bridgehead atoms. The molecule has 2 aromatic rings. The van der Waals surface area contributed by atoms with Gasteiger partial charge in [-0.05, 0) is 49.8 Å². The molecule has 0 spiro atoms. The van der Waals surface area contributed by atoms with Crippen molar-refractivity contribution in [2.75, 3.05) is 0 Å². The number of carbonyl (C=O) groups excluding carboxylic acids is 1. The van der Waals surface area contributed by atoms with E-state index in [1.807, 2.05) is 0 Å². The van der Waals surface area contributed by atoms with Gasteiger partial charge in [-0.3, -0.25) is 0 Å². The topological polar surface area (TPSA) is 60.4 Å². The molecular weight excluding hydrogens is 348 g/mol. The quantitative estimate of drug-likeness (QED) is 0.591. The Labute approximate surface area is 146 Å². The van der Waals surface area contributed by atoms with Gasteiger partial charge in [0.2, 0.25) is 9.84 Å². The Kier molecular flexibility index (Phi) is 5.80. The van der Waals surface area contributed by atoms with Gasteiger partial charge in [-0.1, -0.05) is 41.9 Å². The first-order valence-electron chi connectivity index (χ1n) is 7.29. The molecule has 2 aromatic carbocycles. The summed E-state index contributed by atoms with van der Waals surface area (Å²) in [5.41, 5.74) is 0.589. The first kappa shape index (κ1) is 18.2. The van der Waals surface area contributed by atoms with Crippen molar-refractivity contribution in [3.63, 3.8) is 0 Å². The summed E-state index contributed by atoms with van der Waals surface area (Å²) in [5.74, 6) is -0.885. The van der Waals surface area contributed by atoms with Crippen LogP contribution in [-0.2, 0) is 19.4 Å². The van der Waals surface area contributed by atoms with Crippen LogP contribution in [0.2, 0.25) is 5.02 Å². The summed E-state index contributed by atoms with van der Waals surface area (Å²) in [7, 11) is -4.03. The van der Waals surface area contributed by atoms with Crippen LogP contribution in [0.5, 0.6) is 0 Å². The lowest BCUT2D eigenvalue weighted by atomic mass is 10.2. The van der Waals surface area contributed by atoms with E-state index in [2.05, 4.69) is 0 Å². The van der Waals surface area contributed by atoms with Crippen LogP contribution >= 0.6 is 11.6 Å². The molecule has 0 saturated heterocycles. The normalized spacial score (nSPS) is 12.2. The Morgan fingerprint density at radius 2 is 1.62 bits per heavy atom.